The third kappa shape index (κ3) is 5.36. The van der Waals surface area contributed by atoms with Crippen LogP contribution in [0.5, 0.6) is 0 Å². The highest BCUT2D eigenvalue weighted by atomic mass is 32.2. The predicted octanol–water partition coefficient (Wildman–Crippen LogP) is 1.68. The Hall–Kier alpha value is -1.31. The summed E-state index contributed by atoms with van der Waals surface area (Å²) in [5.41, 5.74) is -0.0777. The van der Waals surface area contributed by atoms with E-state index in [0.717, 1.165) is 18.2 Å². The number of aromatic carboxylic acids is 1. The average molecular weight is 304 g/mol. The Balaban J connectivity index is 2.50. The third-order valence-electron chi connectivity index (χ3n) is 2.47. The Kier molecular flexibility index (Phi) is 7.35. The van der Waals surface area contributed by atoms with Crippen molar-refractivity contribution in [3.8, 4) is 0 Å². The van der Waals surface area contributed by atoms with Crippen LogP contribution in [0.15, 0.2) is 23.1 Å². The van der Waals surface area contributed by atoms with E-state index < -0.39 is 22.6 Å². The number of hydrogen-bond donors (Lipinski definition) is 1. The highest BCUT2D eigenvalue weighted by Crippen LogP contribution is 2.15. The van der Waals surface area contributed by atoms with Crippen LogP contribution in [0.25, 0.3) is 0 Å². The minimum Gasteiger partial charge on any atom is -0.478 e. The zero-order chi connectivity index (χ0) is 15.0. The first kappa shape index (κ1) is 16.7. The number of halogens is 1. The summed E-state index contributed by atoms with van der Waals surface area (Å²) < 4.78 is 35.5. The Bertz CT molecular complexity index is 478. The van der Waals surface area contributed by atoms with E-state index in [0.29, 0.717) is 26.2 Å². The van der Waals surface area contributed by atoms with Crippen molar-refractivity contribution in [3.63, 3.8) is 0 Å². The Morgan fingerprint density at radius 2 is 2.10 bits per heavy atom. The van der Waals surface area contributed by atoms with Gasteiger partial charge in [0.25, 0.3) is 0 Å². The van der Waals surface area contributed by atoms with Gasteiger partial charge in [0.1, 0.15) is 5.82 Å². The normalized spacial score (nSPS) is 12.3. The van der Waals surface area contributed by atoms with Gasteiger partial charge in [-0.15, -0.1) is 0 Å². The minimum atomic E-state index is -1.58. The van der Waals surface area contributed by atoms with E-state index in [1.54, 1.807) is 7.11 Å². The van der Waals surface area contributed by atoms with Gasteiger partial charge in [0.15, 0.2) is 0 Å². The molecule has 0 bridgehead atoms. The zero-order valence-electron chi connectivity index (χ0n) is 11.1. The van der Waals surface area contributed by atoms with Crippen molar-refractivity contribution >= 4 is 16.8 Å². The van der Waals surface area contributed by atoms with Crippen molar-refractivity contribution in [1.29, 1.82) is 0 Å². The summed E-state index contributed by atoms with van der Waals surface area (Å²) in [6, 6.07) is 3.28. The minimum absolute atomic E-state index is 0.0777. The number of ether oxygens (including phenoxy) is 2. The van der Waals surface area contributed by atoms with Crippen molar-refractivity contribution in [3.05, 3.63) is 29.6 Å². The first-order chi connectivity index (χ1) is 9.56. The molecule has 0 saturated heterocycles. The van der Waals surface area contributed by atoms with Gasteiger partial charge in [-0.05, 0) is 24.6 Å². The molecule has 0 radical (unpaired) electrons. The van der Waals surface area contributed by atoms with Crippen molar-refractivity contribution in [1.82, 2.24) is 0 Å². The molecular formula is C13H17FO5S. The average Bonchev–Trinajstić information content (AvgIpc) is 2.42. The molecule has 5 nitrogen and oxygen atoms in total. The SMILES string of the molecule is COCCOCCCS(=O)c1cc(C(=O)O)ccc1F. The third-order valence-corrected chi connectivity index (χ3v) is 3.94. The van der Waals surface area contributed by atoms with Crippen molar-refractivity contribution < 1.29 is 28.0 Å². The molecule has 0 aliphatic heterocycles. The molecule has 0 spiro atoms. The summed E-state index contributed by atoms with van der Waals surface area (Å²) in [4.78, 5) is 10.7. The van der Waals surface area contributed by atoms with E-state index in [4.69, 9.17) is 14.6 Å². The van der Waals surface area contributed by atoms with Gasteiger partial charge in [0.05, 0.1) is 34.5 Å². The maximum Gasteiger partial charge on any atom is 0.335 e. The first-order valence-corrected chi connectivity index (χ1v) is 7.36. The lowest BCUT2D eigenvalue weighted by Gasteiger charge is -2.06. The van der Waals surface area contributed by atoms with E-state index in [9.17, 15) is 13.4 Å². The van der Waals surface area contributed by atoms with Crippen LogP contribution < -0.4 is 0 Å². The summed E-state index contributed by atoms with van der Waals surface area (Å²) in [6.07, 6.45) is 0.493. The smallest absolute Gasteiger partial charge is 0.335 e. The number of carboxylic acids is 1. The highest BCUT2D eigenvalue weighted by molar-refractivity contribution is 7.85. The molecule has 0 fully saturated rings. The van der Waals surface area contributed by atoms with Crippen LogP contribution in [0.1, 0.15) is 16.8 Å². The lowest BCUT2D eigenvalue weighted by molar-refractivity contribution is 0.0696. The molecule has 0 saturated carbocycles. The van der Waals surface area contributed by atoms with Gasteiger partial charge in [0, 0.05) is 19.5 Å². The van der Waals surface area contributed by atoms with Crippen LogP contribution in [0.2, 0.25) is 0 Å². The van der Waals surface area contributed by atoms with E-state index >= 15 is 0 Å². The molecule has 0 amide bonds. The second-order valence-corrected chi connectivity index (χ2v) is 5.50. The molecule has 0 aromatic heterocycles. The number of benzene rings is 1. The number of hydrogen-bond acceptors (Lipinski definition) is 4. The summed E-state index contributed by atoms with van der Waals surface area (Å²) in [7, 11) is -0.0125. The fourth-order valence-electron chi connectivity index (χ4n) is 1.46. The highest BCUT2D eigenvalue weighted by Gasteiger charge is 2.13. The number of rotatable bonds is 9. The van der Waals surface area contributed by atoms with E-state index in [-0.39, 0.29) is 16.2 Å². The van der Waals surface area contributed by atoms with Gasteiger partial charge < -0.3 is 14.6 Å². The molecular weight excluding hydrogens is 287 g/mol. The van der Waals surface area contributed by atoms with Gasteiger partial charge in [-0.2, -0.15) is 0 Å². The molecule has 1 aromatic carbocycles. The molecule has 7 heteroatoms. The number of carboxylic acid groups (broad SMARTS) is 1. The standard InChI is InChI=1S/C13H17FO5S/c1-18-6-7-19-5-2-8-20(17)12-9-10(13(15)16)3-4-11(12)14/h3-4,9H,2,5-8H2,1H3,(H,15,16). The fraction of sp³-hybridized carbons (Fsp3) is 0.462. The first-order valence-electron chi connectivity index (χ1n) is 6.04. The lowest BCUT2D eigenvalue weighted by atomic mass is 10.2. The molecule has 112 valence electrons. The van der Waals surface area contributed by atoms with E-state index in [1.807, 2.05) is 0 Å². The molecule has 1 unspecified atom stereocenters. The van der Waals surface area contributed by atoms with Crippen molar-refractivity contribution in [2.75, 3.05) is 32.7 Å². The topological polar surface area (TPSA) is 72.8 Å². The van der Waals surface area contributed by atoms with Crippen LogP contribution in [0.3, 0.4) is 0 Å². The van der Waals surface area contributed by atoms with Crippen LogP contribution in [0.4, 0.5) is 4.39 Å². The summed E-state index contributed by atoms with van der Waals surface area (Å²) in [5.74, 6) is -1.62. The second kappa shape index (κ2) is 8.78. The molecule has 0 heterocycles. The van der Waals surface area contributed by atoms with E-state index in [1.165, 1.54) is 0 Å². The van der Waals surface area contributed by atoms with Crippen molar-refractivity contribution in [2.24, 2.45) is 0 Å². The maximum atomic E-state index is 13.5. The zero-order valence-corrected chi connectivity index (χ0v) is 12.0. The lowest BCUT2D eigenvalue weighted by Crippen LogP contribution is -2.08. The predicted molar refractivity (Wildman–Crippen MR) is 71.9 cm³/mol. The molecule has 0 aliphatic rings. The molecule has 1 aromatic rings. The van der Waals surface area contributed by atoms with Gasteiger partial charge in [-0.3, -0.25) is 4.21 Å². The Morgan fingerprint density at radius 1 is 1.35 bits per heavy atom. The van der Waals surface area contributed by atoms with Gasteiger partial charge in [-0.1, -0.05) is 0 Å². The largest absolute Gasteiger partial charge is 0.478 e. The summed E-state index contributed by atoms with van der Waals surface area (Å²) >= 11 is 0. The van der Waals surface area contributed by atoms with Crippen molar-refractivity contribution in [2.45, 2.75) is 11.3 Å². The second-order valence-electron chi connectivity index (χ2n) is 3.96. The van der Waals surface area contributed by atoms with Crippen LogP contribution >= 0.6 is 0 Å². The maximum absolute atomic E-state index is 13.5. The van der Waals surface area contributed by atoms with Gasteiger partial charge in [0.2, 0.25) is 0 Å². The van der Waals surface area contributed by atoms with Crippen LogP contribution in [-0.4, -0.2) is 48.0 Å². The van der Waals surface area contributed by atoms with Crippen LogP contribution in [-0.2, 0) is 20.3 Å². The summed E-state index contributed by atoms with van der Waals surface area (Å²) in [6.45, 7) is 1.33. The molecule has 1 N–H and O–H groups in total. The fourth-order valence-corrected chi connectivity index (χ4v) is 2.60. The Morgan fingerprint density at radius 3 is 2.75 bits per heavy atom. The van der Waals surface area contributed by atoms with Gasteiger partial charge >= 0.3 is 5.97 Å². The number of methoxy groups -OCH3 is 1. The van der Waals surface area contributed by atoms with Crippen LogP contribution in [0, 0.1) is 5.82 Å². The molecule has 1 rings (SSSR count). The monoisotopic (exact) mass is 304 g/mol. The van der Waals surface area contributed by atoms with E-state index in [2.05, 4.69) is 0 Å². The molecule has 1 atom stereocenters. The summed E-state index contributed by atoms with van der Waals surface area (Å²) in [5, 5.41) is 8.83. The molecule has 0 aliphatic carbocycles. The Labute approximate surface area is 119 Å². The molecule has 20 heavy (non-hydrogen) atoms. The van der Waals surface area contributed by atoms with Gasteiger partial charge in [-0.25, -0.2) is 9.18 Å². The quantitative estimate of drug-likeness (QED) is 0.703. The number of carbonyl (C=O) groups is 1.